The lowest BCUT2D eigenvalue weighted by Crippen LogP contribution is -2.64. The van der Waals surface area contributed by atoms with E-state index in [2.05, 4.69) is 0 Å². The maximum absolute atomic E-state index is 11.7. The summed E-state index contributed by atoms with van der Waals surface area (Å²) in [6.45, 7) is 10.2. The minimum Gasteiger partial charge on any atom is -0.479 e. The number of ether oxygens (including phenoxy) is 2. The fourth-order valence-electron chi connectivity index (χ4n) is 2.64. The van der Waals surface area contributed by atoms with Crippen molar-refractivity contribution in [1.82, 2.24) is 0 Å². The van der Waals surface area contributed by atoms with Crippen molar-refractivity contribution in [3.63, 3.8) is 0 Å². The van der Waals surface area contributed by atoms with Gasteiger partial charge in [0, 0.05) is 0 Å². The third-order valence-corrected chi connectivity index (χ3v) is 9.78. The lowest BCUT2D eigenvalue weighted by molar-refractivity contribution is -0.286. The summed E-state index contributed by atoms with van der Waals surface area (Å²) in [5, 5.41) is 29.8. The van der Waals surface area contributed by atoms with Crippen LogP contribution in [-0.2, 0) is 25.3 Å². The van der Waals surface area contributed by atoms with E-state index in [-0.39, 0.29) is 11.6 Å². The minimum atomic E-state index is -2.40. The summed E-state index contributed by atoms with van der Waals surface area (Å²) in [5.74, 6) is -1.27. The van der Waals surface area contributed by atoms with E-state index in [0.717, 1.165) is 5.56 Å². The first-order valence-electron chi connectivity index (χ1n) is 9.02. The largest absolute Gasteiger partial charge is 0.479 e. The van der Waals surface area contributed by atoms with Gasteiger partial charge in [-0.2, -0.15) is 0 Å². The van der Waals surface area contributed by atoms with Crippen LogP contribution in [0.25, 0.3) is 0 Å². The molecule has 0 saturated carbocycles. The van der Waals surface area contributed by atoms with Gasteiger partial charge in [-0.1, -0.05) is 51.1 Å². The average molecular weight is 399 g/mol. The highest BCUT2D eigenvalue weighted by atomic mass is 28.4. The Balaban J connectivity index is 2.29. The fourth-order valence-corrected chi connectivity index (χ4v) is 3.93. The summed E-state index contributed by atoms with van der Waals surface area (Å²) >= 11 is 0. The van der Waals surface area contributed by atoms with Gasteiger partial charge in [0.2, 0.25) is 0 Å². The van der Waals surface area contributed by atoms with E-state index in [0.29, 0.717) is 0 Å². The van der Waals surface area contributed by atoms with Crippen molar-refractivity contribution in [3.05, 3.63) is 35.9 Å². The minimum absolute atomic E-state index is 0.152. The Bertz CT molecular complexity index is 629. The Morgan fingerprint density at radius 3 is 2.26 bits per heavy atom. The molecule has 27 heavy (non-hydrogen) atoms. The molecule has 0 bridgehead atoms. The summed E-state index contributed by atoms with van der Waals surface area (Å²) < 4.78 is 17.3. The topological polar surface area (TPSA) is 105 Å². The molecule has 8 heteroatoms. The zero-order chi connectivity index (χ0) is 20.4. The third-order valence-electron chi connectivity index (χ3n) is 5.30. The lowest BCUT2D eigenvalue weighted by Gasteiger charge is -2.46. The van der Waals surface area contributed by atoms with Gasteiger partial charge in [-0.15, -0.1) is 0 Å². The highest BCUT2D eigenvalue weighted by Crippen LogP contribution is 2.39. The maximum atomic E-state index is 11.7. The Labute approximate surface area is 161 Å². The van der Waals surface area contributed by atoms with Crippen molar-refractivity contribution < 1.29 is 34.0 Å². The van der Waals surface area contributed by atoms with Crippen molar-refractivity contribution in [3.8, 4) is 0 Å². The first-order valence-corrected chi connectivity index (χ1v) is 11.9. The van der Waals surface area contributed by atoms with E-state index in [1.165, 1.54) is 0 Å². The summed E-state index contributed by atoms with van der Waals surface area (Å²) in [6.07, 6.45) is -6.58. The second kappa shape index (κ2) is 8.38. The summed E-state index contributed by atoms with van der Waals surface area (Å²) in [7, 11) is -2.40. The van der Waals surface area contributed by atoms with Crippen LogP contribution in [0.5, 0.6) is 0 Å². The Hall–Kier alpha value is -1.29. The number of carboxylic acids is 1. The predicted octanol–water partition coefficient (Wildman–Crippen LogP) is 2.12. The van der Waals surface area contributed by atoms with E-state index in [1.807, 2.05) is 64.2 Å². The van der Waals surface area contributed by atoms with Crippen LogP contribution in [0, 0.1) is 0 Å². The van der Waals surface area contributed by atoms with E-state index >= 15 is 0 Å². The van der Waals surface area contributed by atoms with Crippen LogP contribution < -0.4 is 0 Å². The predicted molar refractivity (Wildman–Crippen MR) is 102 cm³/mol. The SMILES string of the molecule is CC(C)(C)[Si](C)(C)O[C@H]1[C@H](OCc2ccccc2)[C@@H](O)C(O)O[C@H]1C(=O)O. The normalized spacial score (nSPS) is 29.5. The molecule has 0 aromatic heterocycles. The van der Waals surface area contributed by atoms with E-state index in [1.54, 1.807) is 0 Å². The van der Waals surface area contributed by atoms with E-state index in [4.69, 9.17) is 13.9 Å². The van der Waals surface area contributed by atoms with Crippen LogP contribution in [0.3, 0.4) is 0 Å². The van der Waals surface area contributed by atoms with Crippen LogP contribution in [0.15, 0.2) is 30.3 Å². The van der Waals surface area contributed by atoms with Gasteiger partial charge >= 0.3 is 5.97 Å². The summed E-state index contributed by atoms with van der Waals surface area (Å²) in [5.41, 5.74) is 0.864. The van der Waals surface area contributed by atoms with Gasteiger partial charge in [-0.25, -0.2) is 4.79 Å². The van der Waals surface area contributed by atoms with E-state index in [9.17, 15) is 20.1 Å². The number of hydrogen-bond donors (Lipinski definition) is 3. The summed E-state index contributed by atoms with van der Waals surface area (Å²) in [6, 6.07) is 9.32. The summed E-state index contributed by atoms with van der Waals surface area (Å²) in [4.78, 5) is 11.7. The first-order chi connectivity index (χ1) is 12.4. The number of hydrogen-bond acceptors (Lipinski definition) is 6. The van der Waals surface area contributed by atoms with Gasteiger partial charge < -0.3 is 29.2 Å². The van der Waals surface area contributed by atoms with Gasteiger partial charge in [-0.05, 0) is 23.7 Å². The number of carboxylic acid groups (broad SMARTS) is 1. The van der Waals surface area contributed by atoms with Crippen LogP contribution in [-0.4, -0.2) is 60.3 Å². The molecule has 0 radical (unpaired) electrons. The van der Waals surface area contributed by atoms with E-state index < -0.39 is 45.0 Å². The van der Waals surface area contributed by atoms with Crippen molar-refractivity contribution in [2.24, 2.45) is 0 Å². The third kappa shape index (κ3) is 5.16. The Morgan fingerprint density at radius 1 is 1.15 bits per heavy atom. The molecule has 3 N–H and O–H groups in total. The lowest BCUT2D eigenvalue weighted by atomic mass is 9.98. The zero-order valence-electron chi connectivity index (χ0n) is 16.5. The van der Waals surface area contributed by atoms with Gasteiger partial charge in [0.05, 0.1) is 6.61 Å². The highest BCUT2D eigenvalue weighted by Gasteiger charge is 2.52. The van der Waals surface area contributed by atoms with Crippen molar-refractivity contribution in [1.29, 1.82) is 0 Å². The molecule has 1 aromatic rings. The molecule has 5 atom stereocenters. The van der Waals surface area contributed by atoms with Crippen LogP contribution >= 0.6 is 0 Å². The molecule has 2 rings (SSSR count). The molecule has 1 fully saturated rings. The van der Waals surface area contributed by atoms with Gasteiger partial charge in [-0.3, -0.25) is 0 Å². The van der Waals surface area contributed by atoms with Gasteiger partial charge in [0.1, 0.15) is 18.3 Å². The molecule has 1 aliphatic rings. The Morgan fingerprint density at radius 2 is 1.74 bits per heavy atom. The molecule has 1 aromatic carbocycles. The number of carbonyl (C=O) groups is 1. The molecule has 1 heterocycles. The molecule has 0 amide bonds. The van der Waals surface area contributed by atoms with Gasteiger partial charge in [0.15, 0.2) is 20.7 Å². The fraction of sp³-hybridized carbons (Fsp3) is 0.632. The van der Waals surface area contributed by atoms with Crippen molar-refractivity contribution >= 4 is 14.3 Å². The molecule has 1 aliphatic heterocycles. The van der Waals surface area contributed by atoms with Gasteiger partial charge in [0.25, 0.3) is 0 Å². The number of aliphatic hydroxyl groups is 2. The number of aliphatic hydroxyl groups excluding tert-OH is 2. The van der Waals surface area contributed by atoms with Crippen molar-refractivity contribution in [2.75, 3.05) is 0 Å². The van der Waals surface area contributed by atoms with Crippen molar-refractivity contribution in [2.45, 2.75) is 76.2 Å². The second-order valence-corrected chi connectivity index (χ2v) is 13.1. The molecular weight excluding hydrogens is 368 g/mol. The standard InChI is InChI=1S/C19H30O7Si/c1-19(2,3)27(4,5)26-15-14(24-11-12-9-7-6-8-10-12)13(20)18(23)25-16(15)17(21)22/h6-10,13-16,18,20,23H,11H2,1-5H3,(H,21,22)/t13-,14-,15+,16-,18?/m1/s1. The van der Waals surface area contributed by atoms with Crippen LogP contribution in [0.2, 0.25) is 18.1 Å². The smallest absolute Gasteiger partial charge is 0.335 e. The zero-order valence-corrected chi connectivity index (χ0v) is 17.5. The quantitative estimate of drug-likeness (QED) is 0.630. The number of aliphatic carboxylic acids is 1. The number of rotatable bonds is 6. The monoisotopic (exact) mass is 398 g/mol. The first kappa shape index (κ1) is 22.0. The molecule has 0 spiro atoms. The molecule has 1 unspecified atom stereocenters. The highest BCUT2D eigenvalue weighted by molar-refractivity contribution is 6.74. The number of benzene rings is 1. The van der Waals surface area contributed by atoms with Crippen LogP contribution in [0.4, 0.5) is 0 Å². The molecular formula is C19H30O7Si. The molecule has 1 saturated heterocycles. The maximum Gasteiger partial charge on any atom is 0.335 e. The molecule has 7 nitrogen and oxygen atoms in total. The molecule has 0 aliphatic carbocycles. The molecule has 152 valence electrons. The average Bonchev–Trinajstić information content (AvgIpc) is 2.57. The Kier molecular flexibility index (Phi) is 6.83. The second-order valence-electron chi connectivity index (χ2n) is 8.38. The van der Waals surface area contributed by atoms with Crippen LogP contribution in [0.1, 0.15) is 26.3 Å².